The summed E-state index contributed by atoms with van der Waals surface area (Å²) in [4.78, 5) is 20.8. The second kappa shape index (κ2) is 5.30. The maximum atomic E-state index is 10.8. The van der Waals surface area contributed by atoms with Gasteiger partial charge in [0.25, 0.3) is 0 Å². The van der Waals surface area contributed by atoms with E-state index in [1.54, 1.807) is 24.3 Å². The molecule has 1 aromatic heterocycles. The van der Waals surface area contributed by atoms with Crippen LogP contribution in [0.3, 0.4) is 0 Å². The van der Waals surface area contributed by atoms with Gasteiger partial charge < -0.3 is 5.11 Å². The van der Waals surface area contributed by atoms with E-state index < -0.39 is 10.9 Å². The number of nitrogens with zero attached hydrogens (tertiary/aromatic N) is 3. The fourth-order valence-electron chi connectivity index (χ4n) is 1.76. The molecule has 0 bridgehead atoms. The van der Waals surface area contributed by atoms with Crippen molar-refractivity contribution >= 4 is 11.7 Å². The fourth-order valence-corrected chi connectivity index (χ4v) is 1.76. The largest absolute Gasteiger partial charge is 0.481 e. The van der Waals surface area contributed by atoms with Crippen LogP contribution in [0.1, 0.15) is 11.1 Å². The van der Waals surface area contributed by atoms with Gasteiger partial charge in [-0.05, 0) is 11.1 Å². The molecule has 0 aliphatic heterocycles. The number of hydrogen-bond donors (Lipinski definition) is 1. The van der Waals surface area contributed by atoms with Gasteiger partial charge in [0, 0.05) is 0 Å². The Morgan fingerprint density at radius 3 is 2.63 bits per heavy atom. The summed E-state index contributed by atoms with van der Waals surface area (Å²) < 4.78 is 1.42. The van der Waals surface area contributed by atoms with Gasteiger partial charge in [-0.2, -0.15) is 5.10 Å². The highest BCUT2D eigenvalue weighted by Crippen LogP contribution is 2.14. The van der Waals surface area contributed by atoms with Crippen LogP contribution in [0.2, 0.25) is 0 Å². The van der Waals surface area contributed by atoms with Gasteiger partial charge in [0.1, 0.15) is 12.4 Å². The first-order valence-corrected chi connectivity index (χ1v) is 5.51. The molecule has 0 saturated heterocycles. The molecule has 2 rings (SSSR count). The van der Waals surface area contributed by atoms with E-state index in [0.717, 1.165) is 5.56 Å². The Labute approximate surface area is 108 Å². The van der Waals surface area contributed by atoms with E-state index in [0.29, 0.717) is 12.1 Å². The van der Waals surface area contributed by atoms with Crippen molar-refractivity contribution in [2.75, 3.05) is 0 Å². The van der Waals surface area contributed by atoms with Crippen LogP contribution in [0.5, 0.6) is 0 Å². The summed E-state index contributed by atoms with van der Waals surface area (Å²) >= 11 is 0. The van der Waals surface area contributed by atoms with Gasteiger partial charge in [-0.3, -0.25) is 19.6 Å². The van der Waals surface area contributed by atoms with Crippen LogP contribution < -0.4 is 0 Å². The molecule has 0 spiro atoms. The fraction of sp³-hybridized carbons (Fsp3) is 0.167. The molecule has 0 amide bonds. The zero-order valence-corrected chi connectivity index (χ0v) is 9.89. The van der Waals surface area contributed by atoms with Gasteiger partial charge >= 0.3 is 11.7 Å². The SMILES string of the molecule is O=C(O)Cc1ccccc1Cn1cc([N+](=O)[O-])cn1. The second-order valence-corrected chi connectivity index (χ2v) is 3.99. The highest BCUT2D eigenvalue weighted by atomic mass is 16.6. The predicted molar refractivity (Wildman–Crippen MR) is 65.8 cm³/mol. The van der Waals surface area contributed by atoms with Crippen molar-refractivity contribution in [2.45, 2.75) is 13.0 Å². The number of rotatable bonds is 5. The smallest absolute Gasteiger partial charge is 0.307 e. The lowest BCUT2D eigenvalue weighted by molar-refractivity contribution is -0.385. The molecule has 98 valence electrons. The van der Waals surface area contributed by atoms with E-state index in [2.05, 4.69) is 5.10 Å². The molecule has 1 N–H and O–H groups in total. The van der Waals surface area contributed by atoms with Crippen molar-refractivity contribution < 1.29 is 14.8 Å². The number of carbonyl (C=O) groups is 1. The Kier molecular flexibility index (Phi) is 3.56. The highest BCUT2D eigenvalue weighted by Gasteiger charge is 2.11. The van der Waals surface area contributed by atoms with Crippen molar-refractivity contribution in [1.29, 1.82) is 0 Å². The maximum absolute atomic E-state index is 10.8. The second-order valence-electron chi connectivity index (χ2n) is 3.99. The standard InChI is InChI=1S/C12H11N3O4/c16-12(17)5-9-3-1-2-4-10(9)7-14-8-11(6-13-14)15(18)19/h1-4,6,8H,5,7H2,(H,16,17). The van der Waals surface area contributed by atoms with Gasteiger partial charge in [-0.25, -0.2) is 0 Å². The van der Waals surface area contributed by atoms with Crippen molar-refractivity contribution in [3.8, 4) is 0 Å². The quantitative estimate of drug-likeness (QED) is 0.649. The molecule has 0 unspecified atom stereocenters. The molecule has 0 saturated carbocycles. The van der Waals surface area contributed by atoms with Gasteiger partial charge in [0.05, 0.1) is 17.9 Å². The summed E-state index contributed by atoms with van der Waals surface area (Å²) in [6.45, 7) is 0.303. The first-order valence-electron chi connectivity index (χ1n) is 5.51. The molecule has 1 heterocycles. The van der Waals surface area contributed by atoms with Crippen LogP contribution in [0.25, 0.3) is 0 Å². The molecule has 2 aromatic rings. The molecule has 0 atom stereocenters. The van der Waals surface area contributed by atoms with Crippen LogP contribution in [0.4, 0.5) is 5.69 Å². The molecule has 0 aliphatic rings. The Morgan fingerprint density at radius 2 is 2.05 bits per heavy atom. The molecule has 0 fully saturated rings. The van der Waals surface area contributed by atoms with E-state index >= 15 is 0 Å². The Balaban J connectivity index is 2.22. The zero-order valence-electron chi connectivity index (χ0n) is 9.89. The third-order valence-electron chi connectivity index (χ3n) is 2.62. The minimum atomic E-state index is -0.918. The molecule has 19 heavy (non-hydrogen) atoms. The number of hydrogen-bond acceptors (Lipinski definition) is 4. The Morgan fingerprint density at radius 1 is 1.37 bits per heavy atom. The van der Waals surface area contributed by atoms with E-state index in [1.165, 1.54) is 17.1 Å². The summed E-state index contributed by atoms with van der Waals surface area (Å²) in [6.07, 6.45) is 2.40. The third kappa shape index (κ3) is 3.15. The topological polar surface area (TPSA) is 98.3 Å². The van der Waals surface area contributed by atoms with Gasteiger partial charge in [-0.15, -0.1) is 0 Å². The van der Waals surface area contributed by atoms with Crippen molar-refractivity contribution in [3.63, 3.8) is 0 Å². The molecule has 0 aliphatic carbocycles. The minimum absolute atomic E-state index is 0.0838. The molecule has 1 aromatic carbocycles. The highest BCUT2D eigenvalue weighted by molar-refractivity contribution is 5.70. The van der Waals surface area contributed by atoms with Crippen molar-refractivity contribution in [3.05, 3.63) is 57.9 Å². The lowest BCUT2D eigenvalue weighted by Crippen LogP contribution is -2.07. The van der Waals surface area contributed by atoms with Crippen LogP contribution in [0.15, 0.2) is 36.7 Å². The lowest BCUT2D eigenvalue weighted by atomic mass is 10.0. The van der Waals surface area contributed by atoms with E-state index in [4.69, 9.17) is 5.11 Å². The third-order valence-corrected chi connectivity index (χ3v) is 2.62. The molecular weight excluding hydrogens is 250 g/mol. The van der Waals surface area contributed by atoms with Gasteiger partial charge in [0.2, 0.25) is 0 Å². The number of carboxylic acids is 1. The first kappa shape index (κ1) is 12.7. The van der Waals surface area contributed by atoms with Crippen LogP contribution in [-0.4, -0.2) is 25.8 Å². The number of aliphatic carboxylic acids is 1. The van der Waals surface area contributed by atoms with Crippen LogP contribution in [-0.2, 0) is 17.8 Å². The van der Waals surface area contributed by atoms with Gasteiger partial charge in [-0.1, -0.05) is 24.3 Å². The molecule has 0 radical (unpaired) electrons. The summed E-state index contributed by atoms with van der Waals surface area (Å²) in [5.41, 5.74) is 1.37. The minimum Gasteiger partial charge on any atom is -0.481 e. The van der Waals surface area contributed by atoms with Gasteiger partial charge in [0.15, 0.2) is 0 Å². The van der Waals surface area contributed by atoms with E-state index in [-0.39, 0.29) is 12.1 Å². The lowest BCUT2D eigenvalue weighted by Gasteiger charge is -2.07. The Hall–Kier alpha value is -2.70. The normalized spacial score (nSPS) is 10.3. The zero-order chi connectivity index (χ0) is 13.8. The predicted octanol–water partition coefficient (Wildman–Crippen LogP) is 1.47. The Bertz CT molecular complexity index is 621. The van der Waals surface area contributed by atoms with Crippen molar-refractivity contribution in [2.24, 2.45) is 0 Å². The summed E-state index contributed by atoms with van der Waals surface area (Å²) in [6, 6.07) is 7.05. The van der Waals surface area contributed by atoms with Crippen LogP contribution >= 0.6 is 0 Å². The maximum Gasteiger partial charge on any atom is 0.307 e. The molecule has 7 nitrogen and oxygen atoms in total. The first-order chi connectivity index (χ1) is 9.06. The summed E-state index contributed by atoms with van der Waals surface area (Å²) in [5, 5.41) is 23.3. The van der Waals surface area contributed by atoms with E-state index in [1.807, 2.05) is 0 Å². The van der Waals surface area contributed by atoms with Crippen LogP contribution in [0, 0.1) is 10.1 Å². The monoisotopic (exact) mass is 261 g/mol. The number of benzene rings is 1. The number of aromatic nitrogens is 2. The summed E-state index contributed by atoms with van der Waals surface area (Å²) in [7, 11) is 0. The van der Waals surface area contributed by atoms with Crippen molar-refractivity contribution in [1.82, 2.24) is 9.78 Å². The average Bonchev–Trinajstić information content (AvgIpc) is 2.80. The number of nitro groups is 1. The average molecular weight is 261 g/mol. The number of carboxylic acid groups (broad SMARTS) is 1. The molecular formula is C12H11N3O4. The molecule has 7 heteroatoms. The summed E-state index contributed by atoms with van der Waals surface area (Å²) in [5.74, 6) is -0.918. The van der Waals surface area contributed by atoms with E-state index in [9.17, 15) is 14.9 Å².